The second-order valence-corrected chi connectivity index (χ2v) is 3.84. The Morgan fingerprint density at radius 2 is 1.50 bits per heavy atom. The first-order valence-corrected chi connectivity index (χ1v) is 7.05. The van der Waals surface area contributed by atoms with E-state index in [4.69, 9.17) is 4.79 Å². The van der Waals surface area contributed by atoms with Gasteiger partial charge in [-0.3, -0.25) is 4.21 Å². The minimum absolute atomic E-state index is 0.750. The average Bonchev–Trinajstić information content (AvgIpc) is 2.44. The minimum Gasteiger partial charge on any atom is -0.388 e. The van der Waals surface area contributed by atoms with Crippen LogP contribution in [0.3, 0.4) is 0 Å². The molecule has 18 heavy (non-hydrogen) atoms. The highest BCUT2D eigenvalue weighted by molar-refractivity contribution is 7.84. The quantitative estimate of drug-likeness (QED) is 0.663. The van der Waals surface area contributed by atoms with E-state index in [9.17, 15) is 4.21 Å². The number of carbonyl (C=O) groups excluding carboxylic acids is 1. The fourth-order valence-electron chi connectivity index (χ4n) is 0.813. The number of anilines is 1. The summed E-state index contributed by atoms with van der Waals surface area (Å²) in [6.45, 7) is 5.44. The predicted molar refractivity (Wildman–Crippen MR) is 81.3 cm³/mol. The molecule has 1 aromatic rings. The molecule has 0 amide bonds. The molecule has 1 rings (SSSR count). The number of hydrogen-bond acceptors (Lipinski definition) is 3. The van der Waals surface area contributed by atoms with Gasteiger partial charge in [0.1, 0.15) is 6.29 Å². The number of nitrogens with one attached hydrogen (secondary N) is 1. The van der Waals surface area contributed by atoms with Gasteiger partial charge in [0, 0.05) is 34.7 Å². The molecule has 1 aromatic carbocycles. The number of aldehydes is 1. The lowest BCUT2D eigenvalue weighted by Crippen LogP contribution is -1.90. The molecule has 3 nitrogen and oxygen atoms in total. The van der Waals surface area contributed by atoms with E-state index in [2.05, 4.69) is 18.2 Å². The van der Waals surface area contributed by atoms with Gasteiger partial charge in [-0.15, -0.1) is 12.8 Å². The Balaban J connectivity index is -0.000000274. The Morgan fingerprint density at radius 3 is 1.72 bits per heavy atom. The number of hydrogen-bond donors (Lipinski definition) is 1. The SMILES string of the molecule is C#C.CC.CC=O.CNc1ccc(S(C)=O)cc1. The van der Waals surface area contributed by atoms with Crippen molar-refractivity contribution in [1.82, 2.24) is 0 Å². The molecular formula is C14H23NO2S. The van der Waals surface area contributed by atoms with Crippen LogP contribution in [0.5, 0.6) is 0 Å². The molecular weight excluding hydrogens is 246 g/mol. The van der Waals surface area contributed by atoms with Gasteiger partial charge in [0.2, 0.25) is 0 Å². The first-order valence-electron chi connectivity index (χ1n) is 5.50. The summed E-state index contributed by atoms with van der Waals surface area (Å²) in [5, 5.41) is 2.99. The highest BCUT2D eigenvalue weighted by Gasteiger charge is 1.94. The summed E-state index contributed by atoms with van der Waals surface area (Å²) >= 11 is 0. The molecule has 0 heterocycles. The van der Waals surface area contributed by atoms with Gasteiger partial charge in [-0.05, 0) is 31.2 Å². The van der Waals surface area contributed by atoms with Crippen molar-refractivity contribution in [2.24, 2.45) is 0 Å². The van der Waals surface area contributed by atoms with Gasteiger partial charge in [-0.2, -0.15) is 0 Å². The molecule has 0 aliphatic carbocycles. The molecule has 0 bridgehead atoms. The lowest BCUT2D eigenvalue weighted by atomic mass is 10.3. The van der Waals surface area contributed by atoms with Crippen molar-refractivity contribution in [3.63, 3.8) is 0 Å². The van der Waals surface area contributed by atoms with E-state index in [1.807, 2.05) is 45.2 Å². The van der Waals surface area contributed by atoms with Crippen LogP contribution in [0.2, 0.25) is 0 Å². The first-order chi connectivity index (χ1) is 8.65. The summed E-state index contributed by atoms with van der Waals surface area (Å²) in [7, 11) is 0.992. The maximum Gasteiger partial charge on any atom is 0.116 e. The third kappa shape index (κ3) is 12.5. The second kappa shape index (κ2) is 17.8. The highest BCUT2D eigenvalue weighted by Crippen LogP contribution is 2.10. The lowest BCUT2D eigenvalue weighted by molar-refractivity contribution is -0.106. The molecule has 1 atom stereocenters. The smallest absolute Gasteiger partial charge is 0.116 e. The number of rotatable bonds is 2. The van der Waals surface area contributed by atoms with Crippen molar-refractivity contribution in [3.05, 3.63) is 24.3 Å². The summed E-state index contributed by atoms with van der Waals surface area (Å²) in [6.07, 6.45) is 10.4. The van der Waals surface area contributed by atoms with Crippen LogP contribution < -0.4 is 5.32 Å². The molecule has 4 heteroatoms. The van der Waals surface area contributed by atoms with Crippen molar-refractivity contribution in [1.29, 1.82) is 0 Å². The van der Waals surface area contributed by atoms with Gasteiger partial charge in [-0.25, -0.2) is 0 Å². The first kappa shape index (κ1) is 21.7. The van der Waals surface area contributed by atoms with Crippen LogP contribution >= 0.6 is 0 Å². The maximum absolute atomic E-state index is 10.9. The van der Waals surface area contributed by atoms with E-state index in [1.54, 1.807) is 6.26 Å². The normalized spacial score (nSPS) is 8.83. The van der Waals surface area contributed by atoms with Gasteiger partial charge in [0.05, 0.1) is 0 Å². The van der Waals surface area contributed by atoms with Crippen LogP contribution in [0.4, 0.5) is 5.69 Å². The molecule has 0 saturated heterocycles. The van der Waals surface area contributed by atoms with E-state index in [0.717, 1.165) is 16.9 Å². The number of benzene rings is 1. The summed E-state index contributed by atoms with van der Waals surface area (Å²) in [6, 6.07) is 7.55. The predicted octanol–water partition coefficient (Wildman–Crippen LogP) is 2.95. The van der Waals surface area contributed by atoms with Crippen molar-refractivity contribution >= 4 is 22.8 Å². The van der Waals surface area contributed by atoms with Crippen molar-refractivity contribution in [2.75, 3.05) is 18.6 Å². The number of carbonyl (C=O) groups is 1. The summed E-state index contributed by atoms with van der Waals surface area (Å²) in [5.41, 5.74) is 1.04. The summed E-state index contributed by atoms with van der Waals surface area (Å²) < 4.78 is 10.9. The van der Waals surface area contributed by atoms with Crippen LogP contribution in [0.25, 0.3) is 0 Å². The monoisotopic (exact) mass is 269 g/mol. The summed E-state index contributed by atoms with van der Waals surface area (Å²) in [4.78, 5) is 9.67. The van der Waals surface area contributed by atoms with Crippen molar-refractivity contribution < 1.29 is 9.00 Å². The van der Waals surface area contributed by atoms with E-state index >= 15 is 0 Å². The van der Waals surface area contributed by atoms with Gasteiger partial charge < -0.3 is 10.1 Å². The van der Waals surface area contributed by atoms with Gasteiger partial charge in [0.25, 0.3) is 0 Å². The Kier molecular flexibility index (Phi) is 21.4. The standard InChI is InChI=1S/C8H11NOS.C2H4O.C2H6.C2H2/c1-9-7-3-5-8(6-4-7)11(2)10;1-2-3;2*1-2/h3-6,9H,1-2H3;2H,1H3;1-2H3;1-2H. The molecule has 0 saturated carbocycles. The largest absolute Gasteiger partial charge is 0.388 e. The molecule has 1 unspecified atom stereocenters. The van der Waals surface area contributed by atoms with Crippen LogP contribution in [0, 0.1) is 12.8 Å². The second-order valence-electron chi connectivity index (χ2n) is 2.46. The third-order valence-electron chi connectivity index (χ3n) is 1.47. The molecule has 0 aromatic heterocycles. The zero-order chi connectivity index (χ0) is 15.0. The Morgan fingerprint density at radius 1 is 1.17 bits per heavy atom. The van der Waals surface area contributed by atoms with Gasteiger partial charge >= 0.3 is 0 Å². The van der Waals surface area contributed by atoms with Gasteiger partial charge in [-0.1, -0.05) is 13.8 Å². The molecule has 0 aliphatic rings. The van der Waals surface area contributed by atoms with Crippen LogP contribution in [0.1, 0.15) is 20.8 Å². The molecule has 1 N–H and O–H groups in total. The summed E-state index contributed by atoms with van der Waals surface area (Å²) in [5.74, 6) is 0. The number of terminal acetylenes is 1. The topological polar surface area (TPSA) is 46.2 Å². The van der Waals surface area contributed by atoms with Crippen molar-refractivity contribution in [2.45, 2.75) is 25.7 Å². The molecule has 0 fully saturated rings. The third-order valence-corrected chi connectivity index (χ3v) is 2.41. The van der Waals surface area contributed by atoms with Gasteiger partial charge in [0.15, 0.2) is 0 Å². The fraction of sp³-hybridized carbons (Fsp3) is 0.357. The van der Waals surface area contributed by atoms with Crippen LogP contribution in [-0.2, 0) is 15.6 Å². The zero-order valence-corrected chi connectivity index (χ0v) is 12.6. The van der Waals surface area contributed by atoms with Crippen LogP contribution in [-0.4, -0.2) is 23.8 Å². The highest BCUT2D eigenvalue weighted by atomic mass is 32.2. The molecule has 102 valence electrons. The Hall–Kier alpha value is -1.60. The van der Waals surface area contributed by atoms with E-state index in [0.29, 0.717) is 0 Å². The van der Waals surface area contributed by atoms with Crippen molar-refractivity contribution in [3.8, 4) is 12.8 Å². The molecule has 0 spiro atoms. The van der Waals surface area contributed by atoms with E-state index in [-0.39, 0.29) is 0 Å². The van der Waals surface area contributed by atoms with E-state index < -0.39 is 10.8 Å². The lowest BCUT2D eigenvalue weighted by Gasteiger charge is -1.99. The fourth-order valence-corrected chi connectivity index (χ4v) is 1.33. The Bertz CT molecular complexity index is 331. The van der Waals surface area contributed by atoms with E-state index in [1.165, 1.54) is 6.92 Å². The molecule has 0 aliphatic heterocycles. The minimum atomic E-state index is -0.867. The maximum atomic E-state index is 10.9. The molecule has 0 radical (unpaired) electrons. The van der Waals surface area contributed by atoms with Crippen LogP contribution in [0.15, 0.2) is 29.2 Å². The Labute approximate surface area is 113 Å². The average molecular weight is 269 g/mol. The zero-order valence-electron chi connectivity index (χ0n) is 11.8.